The fourth-order valence-corrected chi connectivity index (χ4v) is 1.82. The summed E-state index contributed by atoms with van der Waals surface area (Å²) in [6.45, 7) is 3.83. The average molecular weight is 214 g/mol. The van der Waals surface area contributed by atoms with Crippen molar-refractivity contribution >= 4 is 16.7 Å². The first-order valence-electron chi connectivity index (χ1n) is 5.03. The molecule has 0 aliphatic carbocycles. The smallest absolute Gasteiger partial charge is 0.270 e. The minimum atomic E-state index is 0.525. The Morgan fingerprint density at radius 1 is 1.25 bits per heavy atom. The fraction of sp³-hybridized carbons (Fsp3) is 0.182. The lowest BCUT2D eigenvalue weighted by Gasteiger charge is -2.00. The molecule has 80 valence electrons. The summed E-state index contributed by atoms with van der Waals surface area (Å²) in [6.07, 6.45) is 0. The third-order valence-electron chi connectivity index (χ3n) is 2.83. The van der Waals surface area contributed by atoms with Crippen LogP contribution in [0.25, 0.3) is 16.7 Å². The van der Waals surface area contributed by atoms with E-state index in [9.17, 15) is 5.21 Å². The van der Waals surface area contributed by atoms with E-state index in [0.717, 1.165) is 16.8 Å². The predicted molar refractivity (Wildman–Crippen MR) is 58.9 cm³/mol. The van der Waals surface area contributed by atoms with Gasteiger partial charge in [0, 0.05) is 16.7 Å². The van der Waals surface area contributed by atoms with Crippen LogP contribution in [0.4, 0.5) is 0 Å². The monoisotopic (exact) mass is 214 g/mol. The zero-order valence-electron chi connectivity index (χ0n) is 9.01. The van der Waals surface area contributed by atoms with Crippen LogP contribution >= 0.6 is 0 Å². The lowest BCUT2D eigenvalue weighted by Crippen LogP contribution is -2.33. The summed E-state index contributed by atoms with van der Waals surface area (Å²) in [4.78, 5) is 0.652. The molecule has 0 saturated carbocycles. The quantitative estimate of drug-likeness (QED) is 0.416. The molecule has 2 heterocycles. The van der Waals surface area contributed by atoms with Gasteiger partial charge < -0.3 is 5.21 Å². The van der Waals surface area contributed by atoms with Crippen molar-refractivity contribution in [1.29, 1.82) is 0 Å². The van der Waals surface area contributed by atoms with Crippen LogP contribution in [0.3, 0.4) is 0 Å². The molecule has 5 heteroatoms. The predicted octanol–water partition coefficient (Wildman–Crippen LogP) is 1.13. The number of aromatic nitrogens is 4. The zero-order valence-corrected chi connectivity index (χ0v) is 9.01. The maximum atomic E-state index is 11.7. The molecule has 0 unspecified atom stereocenters. The van der Waals surface area contributed by atoms with E-state index in [4.69, 9.17) is 0 Å². The maximum Gasteiger partial charge on any atom is 0.270 e. The van der Waals surface area contributed by atoms with Gasteiger partial charge >= 0.3 is 0 Å². The van der Waals surface area contributed by atoms with Crippen LogP contribution in [-0.4, -0.2) is 14.7 Å². The van der Waals surface area contributed by atoms with Crippen molar-refractivity contribution in [2.45, 2.75) is 13.8 Å². The molecule has 0 fully saturated rings. The fourth-order valence-electron chi connectivity index (χ4n) is 1.82. The Hall–Kier alpha value is -2.17. The molecule has 0 saturated heterocycles. The maximum absolute atomic E-state index is 11.7. The zero-order chi connectivity index (χ0) is 11.3. The van der Waals surface area contributed by atoms with Crippen molar-refractivity contribution in [2.75, 3.05) is 0 Å². The van der Waals surface area contributed by atoms with Crippen LogP contribution in [0.15, 0.2) is 24.3 Å². The Morgan fingerprint density at radius 3 is 2.81 bits per heavy atom. The largest absolute Gasteiger partial charge is 0.594 e. The normalized spacial score (nSPS) is 11.4. The van der Waals surface area contributed by atoms with E-state index in [1.807, 2.05) is 32.0 Å². The Balaban J connectivity index is 2.64. The van der Waals surface area contributed by atoms with Gasteiger partial charge in [-0.2, -0.15) is 5.10 Å². The molecule has 0 spiro atoms. The van der Waals surface area contributed by atoms with Gasteiger partial charge in [0.15, 0.2) is 0 Å². The third kappa shape index (κ3) is 1.02. The van der Waals surface area contributed by atoms with Crippen LogP contribution < -0.4 is 4.85 Å². The Kier molecular flexibility index (Phi) is 1.65. The number of hydrogen-bond acceptors (Lipinski definition) is 3. The van der Waals surface area contributed by atoms with Crippen LogP contribution in [0.5, 0.6) is 0 Å². The molecule has 0 atom stereocenters. The molecule has 16 heavy (non-hydrogen) atoms. The number of nitrogens with zero attached hydrogens (tertiary/aromatic N) is 4. The first-order chi connectivity index (χ1) is 7.68. The van der Waals surface area contributed by atoms with Gasteiger partial charge in [0.1, 0.15) is 5.52 Å². The molecule has 1 aromatic carbocycles. The molecule has 0 radical (unpaired) electrons. The van der Waals surface area contributed by atoms with Gasteiger partial charge in [0.2, 0.25) is 5.65 Å². The number of benzene rings is 1. The van der Waals surface area contributed by atoms with Gasteiger partial charge in [-0.3, -0.25) is 0 Å². The SMILES string of the molecule is Cc1nn2c(n[n+]([O-])c3ccccc32)c1C. The number of hydrogen-bond donors (Lipinski definition) is 0. The lowest BCUT2D eigenvalue weighted by molar-refractivity contribution is -0.640. The molecule has 3 aromatic rings. The van der Waals surface area contributed by atoms with Crippen molar-refractivity contribution in [3.8, 4) is 0 Å². The summed E-state index contributed by atoms with van der Waals surface area (Å²) in [5.41, 5.74) is 3.75. The second kappa shape index (κ2) is 2.91. The van der Waals surface area contributed by atoms with E-state index in [1.54, 1.807) is 10.6 Å². The van der Waals surface area contributed by atoms with Crippen LogP contribution in [0, 0.1) is 19.1 Å². The molecule has 2 aromatic heterocycles. The van der Waals surface area contributed by atoms with Gasteiger partial charge in [-0.15, -0.1) is 0 Å². The van der Waals surface area contributed by atoms with E-state index in [1.165, 1.54) is 0 Å². The van der Waals surface area contributed by atoms with Crippen molar-refractivity contribution < 1.29 is 4.85 Å². The lowest BCUT2D eigenvalue weighted by atomic mass is 10.3. The molecule has 0 aliphatic heterocycles. The minimum Gasteiger partial charge on any atom is -0.594 e. The molecule has 0 aliphatic rings. The number of para-hydroxylation sites is 2. The summed E-state index contributed by atoms with van der Waals surface area (Å²) in [7, 11) is 0. The average Bonchev–Trinajstić information content (AvgIpc) is 2.57. The molecular weight excluding hydrogens is 204 g/mol. The molecule has 0 bridgehead atoms. The second-order valence-electron chi connectivity index (χ2n) is 3.81. The molecule has 0 N–H and O–H groups in total. The Labute approximate surface area is 91.5 Å². The van der Waals surface area contributed by atoms with E-state index < -0.39 is 0 Å². The summed E-state index contributed by atoms with van der Waals surface area (Å²) in [5.74, 6) is 0. The van der Waals surface area contributed by atoms with E-state index in [2.05, 4.69) is 10.2 Å². The highest BCUT2D eigenvalue weighted by Crippen LogP contribution is 2.15. The first-order valence-corrected chi connectivity index (χ1v) is 5.03. The van der Waals surface area contributed by atoms with Crippen molar-refractivity contribution in [2.24, 2.45) is 0 Å². The van der Waals surface area contributed by atoms with E-state index in [-0.39, 0.29) is 0 Å². The van der Waals surface area contributed by atoms with Crippen LogP contribution in [-0.2, 0) is 0 Å². The van der Waals surface area contributed by atoms with Crippen LogP contribution in [0.1, 0.15) is 11.3 Å². The van der Waals surface area contributed by atoms with Crippen molar-refractivity contribution in [3.63, 3.8) is 0 Å². The summed E-state index contributed by atoms with van der Waals surface area (Å²) < 4.78 is 1.72. The topological polar surface area (TPSA) is 57.1 Å². The van der Waals surface area contributed by atoms with Crippen LogP contribution in [0.2, 0.25) is 0 Å². The number of aryl methyl sites for hydroxylation is 2. The molecule has 3 rings (SSSR count). The first kappa shape index (κ1) is 9.08. The highest BCUT2D eigenvalue weighted by molar-refractivity contribution is 5.74. The summed E-state index contributed by atoms with van der Waals surface area (Å²) in [5, 5.41) is 20.1. The summed E-state index contributed by atoms with van der Waals surface area (Å²) >= 11 is 0. The van der Waals surface area contributed by atoms with E-state index >= 15 is 0 Å². The number of fused-ring (bicyclic) bond motifs is 3. The third-order valence-corrected chi connectivity index (χ3v) is 2.83. The van der Waals surface area contributed by atoms with Crippen molar-refractivity contribution in [3.05, 3.63) is 40.7 Å². The van der Waals surface area contributed by atoms with Gasteiger partial charge in [0.25, 0.3) is 5.52 Å². The molecule has 0 amide bonds. The highest BCUT2D eigenvalue weighted by atomic mass is 16.5. The highest BCUT2D eigenvalue weighted by Gasteiger charge is 2.15. The van der Waals surface area contributed by atoms with Gasteiger partial charge in [-0.1, -0.05) is 12.1 Å². The minimum absolute atomic E-state index is 0.525. The van der Waals surface area contributed by atoms with Gasteiger partial charge in [0.05, 0.1) is 5.69 Å². The Morgan fingerprint density at radius 2 is 2.00 bits per heavy atom. The van der Waals surface area contributed by atoms with Crippen molar-refractivity contribution in [1.82, 2.24) is 14.7 Å². The number of rotatable bonds is 0. The second-order valence-corrected chi connectivity index (χ2v) is 3.81. The Bertz CT molecular complexity index is 702. The molecule has 5 nitrogen and oxygen atoms in total. The van der Waals surface area contributed by atoms with Gasteiger partial charge in [-0.05, 0) is 24.8 Å². The summed E-state index contributed by atoms with van der Waals surface area (Å²) in [6, 6.07) is 7.30. The van der Waals surface area contributed by atoms with E-state index in [0.29, 0.717) is 16.0 Å². The van der Waals surface area contributed by atoms with Gasteiger partial charge in [-0.25, -0.2) is 4.52 Å². The molecular formula is C11H10N4O. The standard InChI is InChI=1S/C11H10N4O/c1-7-8(2)12-14-9-5-3-4-6-10(9)15(16)13-11(7)14/h3-6H,1-2H3.